The van der Waals surface area contributed by atoms with Crippen LogP contribution in [0.2, 0.25) is 0 Å². The van der Waals surface area contributed by atoms with Crippen molar-refractivity contribution in [1.82, 2.24) is 4.90 Å². The summed E-state index contributed by atoms with van der Waals surface area (Å²) in [5, 5.41) is 0. The lowest BCUT2D eigenvalue weighted by Crippen LogP contribution is -2.57. The molecule has 0 aromatic rings. The summed E-state index contributed by atoms with van der Waals surface area (Å²) in [6.45, 7) is 6.58. The fourth-order valence-corrected chi connectivity index (χ4v) is 5.16. The summed E-state index contributed by atoms with van der Waals surface area (Å²) in [6.07, 6.45) is 13.0. The van der Waals surface area contributed by atoms with Crippen molar-refractivity contribution in [2.45, 2.75) is 109 Å². The van der Waals surface area contributed by atoms with Crippen LogP contribution in [0.15, 0.2) is 0 Å². The van der Waals surface area contributed by atoms with E-state index >= 15 is 0 Å². The lowest BCUT2D eigenvalue weighted by molar-refractivity contribution is -0.148. The van der Waals surface area contributed by atoms with E-state index in [1.807, 2.05) is 0 Å². The molecule has 138 valence electrons. The lowest BCUT2D eigenvalue weighted by Gasteiger charge is -2.48. The Kier molecular flexibility index (Phi) is 7.21. The number of nitrogens with zero attached hydrogens (tertiary/aromatic N) is 1. The summed E-state index contributed by atoms with van der Waals surface area (Å²) in [5.41, 5.74) is 6.62. The minimum Gasteiger partial charge on any atom is -0.337 e. The zero-order chi connectivity index (χ0) is 17.7. The van der Waals surface area contributed by atoms with Gasteiger partial charge in [0.1, 0.15) is 7.85 Å². The van der Waals surface area contributed by atoms with Crippen molar-refractivity contribution < 1.29 is 4.79 Å². The van der Waals surface area contributed by atoms with Gasteiger partial charge < -0.3 is 10.6 Å². The van der Waals surface area contributed by atoms with E-state index in [2.05, 4.69) is 33.5 Å². The average molecular weight is 334 g/mol. The molecular weight excluding hydrogens is 295 g/mol. The van der Waals surface area contributed by atoms with Crippen LogP contribution in [0.5, 0.6) is 0 Å². The van der Waals surface area contributed by atoms with Gasteiger partial charge in [-0.25, -0.2) is 0 Å². The summed E-state index contributed by atoms with van der Waals surface area (Å²) < 4.78 is 0. The van der Waals surface area contributed by atoms with E-state index < -0.39 is 0 Å². The number of carbonyl (C=O) groups is 1. The molecule has 0 aromatic heterocycles. The third kappa shape index (κ3) is 5.00. The van der Waals surface area contributed by atoms with Crippen LogP contribution in [0.3, 0.4) is 0 Å². The van der Waals surface area contributed by atoms with Crippen molar-refractivity contribution in [2.24, 2.45) is 17.6 Å². The van der Waals surface area contributed by atoms with E-state index in [0.717, 1.165) is 32.1 Å². The van der Waals surface area contributed by atoms with Crippen LogP contribution in [-0.2, 0) is 4.79 Å². The van der Waals surface area contributed by atoms with Crippen LogP contribution >= 0.6 is 0 Å². The number of piperidine rings is 1. The Morgan fingerprint density at radius 2 is 1.92 bits per heavy atom. The summed E-state index contributed by atoms with van der Waals surface area (Å²) >= 11 is 0. The second-order valence-corrected chi connectivity index (χ2v) is 9.05. The highest BCUT2D eigenvalue weighted by molar-refractivity contribution is 6.15. The van der Waals surface area contributed by atoms with Gasteiger partial charge in [-0.3, -0.25) is 4.79 Å². The zero-order valence-corrected chi connectivity index (χ0v) is 16.5. The van der Waals surface area contributed by atoms with Crippen molar-refractivity contribution in [3.63, 3.8) is 0 Å². The fraction of sp³-hybridized carbons (Fsp3) is 0.950. The van der Waals surface area contributed by atoms with E-state index in [1.165, 1.54) is 38.5 Å². The van der Waals surface area contributed by atoms with Gasteiger partial charge in [0, 0.05) is 18.0 Å². The van der Waals surface area contributed by atoms with Gasteiger partial charge in [-0.2, -0.15) is 0 Å². The molecule has 24 heavy (non-hydrogen) atoms. The molecule has 1 saturated heterocycles. The standard InChI is InChI=1S/C20H39BN2O/c1-4-10-16-13-17-14-20(21,22)12-9-7-5-6-8-11-18(17)23(15(2)3)19(16)24/h15-18H,4-14,21-22H2,1-3H3. The minimum absolute atomic E-state index is 0.0763. The van der Waals surface area contributed by atoms with Crippen molar-refractivity contribution in [3.05, 3.63) is 0 Å². The number of amides is 1. The molecule has 1 saturated carbocycles. The van der Waals surface area contributed by atoms with Crippen molar-refractivity contribution in [2.75, 3.05) is 0 Å². The molecule has 1 aliphatic carbocycles. The first-order valence-electron chi connectivity index (χ1n) is 10.5. The number of fused-ring (bicyclic) bond motifs is 1. The highest BCUT2D eigenvalue weighted by atomic mass is 16.2. The summed E-state index contributed by atoms with van der Waals surface area (Å²) in [6, 6.07) is 0.713. The van der Waals surface area contributed by atoms with Crippen molar-refractivity contribution in [3.8, 4) is 0 Å². The largest absolute Gasteiger partial charge is 0.337 e. The molecule has 2 aliphatic rings. The van der Waals surface area contributed by atoms with Gasteiger partial charge in [0.2, 0.25) is 5.91 Å². The highest BCUT2D eigenvalue weighted by Gasteiger charge is 2.43. The molecule has 0 spiro atoms. The Hall–Kier alpha value is -0.505. The van der Waals surface area contributed by atoms with E-state index in [0.29, 0.717) is 23.9 Å². The molecule has 4 unspecified atom stereocenters. The number of hydrogen-bond acceptors (Lipinski definition) is 2. The highest BCUT2D eigenvalue weighted by Crippen LogP contribution is 2.39. The normalized spacial score (nSPS) is 36.3. The van der Waals surface area contributed by atoms with Gasteiger partial charge in [0.15, 0.2) is 0 Å². The molecule has 1 aliphatic heterocycles. The van der Waals surface area contributed by atoms with E-state index in [9.17, 15) is 4.79 Å². The molecule has 0 bridgehead atoms. The first-order chi connectivity index (χ1) is 11.4. The van der Waals surface area contributed by atoms with Crippen LogP contribution in [0, 0.1) is 11.8 Å². The molecule has 2 rings (SSSR count). The smallest absolute Gasteiger partial charge is 0.226 e. The summed E-state index contributed by atoms with van der Waals surface area (Å²) in [5.74, 6) is 1.22. The van der Waals surface area contributed by atoms with E-state index in [1.54, 1.807) is 0 Å². The predicted octanol–water partition coefficient (Wildman–Crippen LogP) is 3.45. The Morgan fingerprint density at radius 3 is 2.58 bits per heavy atom. The molecule has 4 heteroatoms. The topological polar surface area (TPSA) is 46.3 Å². The molecule has 3 nitrogen and oxygen atoms in total. The first-order valence-corrected chi connectivity index (χ1v) is 10.5. The molecule has 1 amide bonds. The van der Waals surface area contributed by atoms with Gasteiger partial charge in [-0.1, -0.05) is 45.4 Å². The number of carbonyl (C=O) groups excluding carboxylic acids is 1. The maximum atomic E-state index is 13.1. The SMILES string of the molecule is BC1(N)CCCCCCCC2C(CC(CCC)C(=O)N2C(C)C)C1. The lowest BCUT2D eigenvalue weighted by atomic mass is 9.65. The number of likely N-dealkylation sites (tertiary alicyclic amines) is 1. The predicted molar refractivity (Wildman–Crippen MR) is 105 cm³/mol. The summed E-state index contributed by atoms with van der Waals surface area (Å²) in [4.78, 5) is 15.3. The maximum Gasteiger partial charge on any atom is 0.226 e. The Bertz CT molecular complexity index is 410. The second kappa shape index (κ2) is 8.73. The molecule has 0 aromatic carbocycles. The van der Waals surface area contributed by atoms with Crippen molar-refractivity contribution >= 4 is 13.8 Å². The van der Waals surface area contributed by atoms with Crippen LogP contribution in [0.4, 0.5) is 0 Å². The molecular formula is C20H39BN2O. The monoisotopic (exact) mass is 334 g/mol. The molecule has 2 N–H and O–H groups in total. The minimum atomic E-state index is -0.0763. The molecule has 2 fully saturated rings. The summed E-state index contributed by atoms with van der Waals surface area (Å²) in [7, 11) is 2.24. The van der Waals surface area contributed by atoms with Crippen LogP contribution in [0.25, 0.3) is 0 Å². The Balaban J connectivity index is 2.26. The second-order valence-electron chi connectivity index (χ2n) is 9.05. The van der Waals surface area contributed by atoms with Gasteiger partial charge >= 0.3 is 0 Å². The third-order valence-corrected chi connectivity index (χ3v) is 6.26. The number of nitrogens with two attached hydrogens (primary N) is 1. The van der Waals surface area contributed by atoms with Gasteiger partial charge in [0.05, 0.1) is 0 Å². The maximum absolute atomic E-state index is 13.1. The quantitative estimate of drug-likeness (QED) is 0.804. The molecule has 0 radical (unpaired) electrons. The van der Waals surface area contributed by atoms with Crippen LogP contribution in [0.1, 0.15) is 91.4 Å². The number of hydrogen-bond donors (Lipinski definition) is 1. The Morgan fingerprint density at radius 1 is 1.25 bits per heavy atom. The van der Waals surface area contributed by atoms with Gasteiger partial charge in [0.25, 0.3) is 0 Å². The van der Waals surface area contributed by atoms with Crippen LogP contribution < -0.4 is 5.73 Å². The molecule has 4 atom stereocenters. The average Bonchev–Trinajstić information content (AvgIpc) is 2.52. The van der Waals surface area contributed by atoms with Crippen LogP contribution in [-0.4, -0.2) is 36.2 Å². The van der Waals surface area contributed by atoms with E-state index in [-0.39, 0.29) is 11.4 Å². The molecule has 1 heterocycles. The number of rotatable bonds is 3. The third-order valence-electron chi connectivity index (χ3n) is 6.26. The Labute approximate surface area is 150 Å². The van der Waals surface area contributed by atoms with Gasteiger partial charge in [-0.15, -0.1) is 0 Å². The van der Waals surface area contributed by atoms with Gasteiger partial charge in [-0.05, 0) is 57.3 Å². The zero-order valence-electron chi connectivity index (χ0n) is 16.5. The first kappa shape index (κ1) is 19.8. The van der Waals surface area contributed by atoms with E-state index in [4.69, 9.17) is 5.73 Å². The fourth-order valence-electron chi connectivity index (χ4n) is 5.16. The van der Waals surface area contributed by atoms with Crippen molar-refractivity contribution in [1.29, 1.82) is 0 Å².